The first-order valence-electron chi connectivity index (χ1n) is 9.22. The second-order valence-electron chi connectivity index (χ2n) is 7.46. The zero-order valence-corrected chi connectivity index (χ0v) is 15.2. The fourth-order valence-corrected chi connectivity index (χ4v) is 3.16. The van der Waals surface area contributed by atoms with E-state index in [9.17, 15) is 0 Å². The molecule has 0 bridgehead atoms. The van der Waals surface area contributed by atoms with Crippen molar-refractivity contribution in [2.45, 2.75) is 58.0 Å². The van der Waals surface area contributed by atoms with Crippen molar-refractivity contribution in [3.05, 3.63) is 23.4 Å². The summed E-state index contributed by atoms with van der Waals surface area (Å²) in [6.07, 6.45) is 2.39. The van der Waals surface area contributed by atoms with Gasteiger partial charge in [0.05, 0.1) is 12.6 Å². The molecule has 2 aromatic rings. The zero-order chi connectivity index (χ0) is 17.4. The maximum atomic E-state index is 5.48. The Kier molecular flexibility index (Phi) is 4.56. The van der Waals surface area contributed by atoms with Gasteiger partial charge in [-0.2, -0.15) is 9.97 Å². The molecular formula is C17H26N6O2. The van der Waals surface area contributed by atoms with Gasteiger partial charge in [-0.1, -0.05) is 24.2 Å². The lowest BCUT2D eigenvalue weighted by atomic mass is 10.2. The highest BCUT2D eigenvalue weighted by Crippen LogP contribution is 2.38. The van der Waals surface area contributed by atoms with Gasteiger partial charge in [-0.15, -0.1) is 0 Å². The normalized spacial score (nSPS) is 21.1. The van der Waals surface area contributed by atoms with Gasteiger partial charge >= 0.3 is 0 Å². The molecule has 0 N–H and O–H groups in total. The van der Waals surface area contributed by atoms with E-state index in [1.807, 2.05) is 0 Å². The van der Waals surface area contributed by atoms with Crippen molar-refractivity contribution in [1.82, 2.24) is 30.1 Å². The van der Waals surface area contributed by atoms with Crippen LogP contribution in [0.25, 0.3) is 0 Å². The molecule has 8 heteroatoms. The van der Waals surface area contributed by atoms with Gasteiger partial charge in [0.2, 0.25) is 11.8 Å². The molecule has 2 aromatic heterocycles. The van der Waals surface area contributed by atoms with Gasteiger partial charge in [-0.05, 0) is 19.8 Å². The summed E-state index contributed by atoms with van der Waals surface area (Å²) in [4.78, 5) is 13.8. The molecule has 0 aromatic carbocycles. The maximum Gasteiger partial charge on any atom is 0.243 e. The van der Waals surface area contributed by atoms with E-state index in [0.29, 0.717) is 11.8 Å². The van der Waals surface area contributed by atoms with Crippen molar-refractivity contribution in [2.24, 2.45) is 0 Å². The summed E-state index contributed by atoms with van der Waals surface area (Å²) in [5.74, 6) is 3.93. The highest BCUT2D eigenvalue weighted by Gasteiger charge is 2.31. The summed E-state index contributed by atoms with van der Waals surface area (Å²) in [5, 5.41) is 8.21. The Labute approximate surface area is 147 Å². The van der Waals surface area contributed by atoms with Crippen LogP contribution in [0.2, 0.25) is 0 Å². The van der Waals surface area contributed by atoms with Crippen LogP contribution in [-0.2, 0) is 6.54 Å². The van der Waals surface area contributed by atoms with Crippen LogP contribution in [0.4, 0.5) is 0 Å². The van der Waals surface area contributed by atoms with Crippen molar-refractivity contribution < 1.29 is 9.05 Å². The molecule has 136 valence electrons. The molecule has 4 rings (SSSR count). The molecule has 0 amide bonds. The van der Waals surface area contributed by atoms with Crippen LogP contribution in [0.3, 0.4) is 0 Å². The fourth-order valence-electron chi connectivity index (χ4n) is 3.16. The summed E-state index contributed by atoms with van der Waals surface area (Å²) in [6, 6.07) is 0.167. The molecule has 0 unspecified atom stereocenters. The Morgan fingerprint density at radius 3 is 2.32 bits per heavy atom. The number of hydrogen-bond acceptors (Lipinski definition) is 8. The van der Waals surface area contributed by atoms with E-state index in [2.05, 4.69) is 50.9 Å². The molecule has 8 nitrogen and oxygen atoms in total. The lowest BCUT2D eigenvalue weighted by molar-refractivity contribution is 0.0827. The van der Waals surface area contributed by atoms with Gasteiger partial charge in [0.1, 0.15) is 0 Å². The van der Waals surface area contributed by atoms with E-state index in [1.165, 1.54) is 12.8 Å². The molecule has 3 heterocycles. The van der Waals surface area contributed by atoms with Crippen LogP contribution in [0, 0.1) is 0 Å². The van der Waals surface area contributed by atoms with Crippen molar-refractivity contribution >= 4 is 0 Å². The molecular weight excluding hydrogens is 320 g/mol. The molecule has 2 fully saturated rings. The third kappa shape index (κ3) is 3.74. The predicted octanol–water partition coefficient (Wildman–Crippen LogP) is 2.33. The first-order valence-corrected chi connectivity index (χ1v) is 9.22. The second kappa shape index (κ2) is 6.84. The minimum atomic E-state index is 0.167. The SMILES string of the molecule is CC(C)c1nc(CN2CCN([C@@H](C)c3nc(C4CC4)no3)CC2)no1. The highest BCUT2D eigenvalue weighted by atomic mass is 16.5. The Hall–Kier alpha value is -1.80. The van der Waals surface area contributed by atoms with Crippen LogP contribution in [0.5, 0.6) is 0 Å². The maximum absolute atomic E-state index is 5.48. The summed E-state index contributed by atoms with van der Waals surface area (Å²) in [6.45, 7) is 10.9. The van der Waals surface area contributed by atoms with Crippen molar-refractivity contribution in [1.29, 1.82) is 0 Å². The number of piperazine rings is 1. The third-order valence-corrected chi connectivity index (χ3v) is 5.05. The minimum Gasteiger partial charge on any atom is -0.339 e. The van der Waals surface area contributed by atoms with Crippen LogP contribution < -0.4 is 0 Å². The first kappa shape index (κ1) is 16.7. The van der Waals surface area contributed by atoms with Gasteiger partial charge in [-0.3, -0.25) is 9.80 Å². The molecule has 2 aliphatic rings. The first-order chi connectivity index (χ1) is 12.1. The Balaban J connectivity index is 1.29. The molecule has 1 aliphatic heterocycles. The standard InChI is InChI=1S/C17H26N6O2/c1-11(2)16-18-14(20-24-16)10-22-6-8-23(9-7-22)12(3)17-19-15(21-25-17)13-4-5-13/h11-13H,4-10H2,1-3H3/t12-/m0/s1. The van der Waals surface area contributed by atoms with Gasteiger partial charge < -0.3 is 9.05 Å². The minimum absolute atomic E-state index is 0.167. The average molecular weight is 346 g/mol. The molecule has 0 radical (unpaired) electrons. The van der Waals surface area contributed by atoms with Crippen LogP contribution in [0.1, 0.15) is 74.9 Å². The van der Waals surface area contributed by atoms with Gasteiger partial charge in [0.15, 0.2) is 11.6 Å². The number of rotatable bonds is 6. The summed E-state index contributed by atoms with van der Waals surface area (Å²) in [5.41, 5.74) is 0. The number of hydrogen-bond donors (Lipinski definition) is 0. The summed E-state index contributed by atoms with van der Waals surface area (Å²) in [7, 11) is 0. The van der Waals surface area contributed by atoms with E-state index in [4.69, 9.17) is 9.05 Å². The Bertz CT molecular complexity index is 700. The Morgan fingerprint density at radius 1 is 0.960 bits per heavy atom. The molecule has 0 spiro atoms. The molecule has 25 heavy (non-hydrogen) atoms. The van der Waals surface area contributed by atoms with Gasteiger partial charge in [0.25, 0.3) is 0 Å². The molecule has 1 atom stereocenters. The third-order valence-electron chi connectivity index (χ3n) is 5.05. The van der Waals surface area contributed by atoms with E-state index in [0.717, 1.165) is 50.3 Å². The van der Waals surface area contributed by atoms with Crippen LogP contribution in [0.15, 0.2) is 9.05 Å². The monoisotopic (exact) mass is 346 g/mol. The number of aromatic nitrogens is 4. The van der Waals surface area contributed by atoms with Crippen molar-refractivity contribution in [3.8, 4) is 0 Å². The Morgan fingerprint density at radius 2 is 1.68 bits per heavy atom. The fraction of sp³-hybridized carbons (Fsp3) is 0.765. The van der Waals surface area contributed by atoms with Gasteiger partial charge in [0, 0.05) is 38.0 Å². The van der Waals surface area contributed by atoms with E-state index in [1.54, 1.807) is 0 Å². The quantitative estimate of drug-likeness (QED) is 0.788. The molecule has 1 saturated carbocycles. The summed E-state index contributed by atoms with van der Waals surface area (Å²) < 4.78 is 10.8. The lowest BCUT2D eigenvalue weighted by Gasteiger charge is -2.36. The predicted molar refractivity (Wildman–Crippen MR) is 89.9 cm³/mol. The summed E-state index contributed by atoms with van der Waals surface area (Å²) >= 11 is 0. The topological polar surface area (TPSA) is 84.3 Å². The largest absolute Gasteiger partial charge is 0.339 e. The second-order valence-corrected chi connectivity index (χ2v) is 7.46. The average Bonchev–Trinajstić information content (AvgIpc) is 3.16. The van der Waals surface area contributed by atoms with E-state index < -0.39 is 0 Å². The van der Waals surface area contributed by atoms with Crippen LogP contribution >= 0.6 is 0 Å². The van der Waals surface area contributed by atoms with E-state index >= 15 is 0 Å². The number of nitrogens with zero attached hydrogens (tertiary/aromatic N) is 6. The van der Waals surface area contributed by atoms with Crippen LogP contribution in [-0.4, -0.2) is 56.3 Å². The molecule has 1 saturated heterocycles. The lowest BCUT2D eigenvalue weighted by Crippen LogP contribution is -2.46. The zero-order valence-electron chi connectivity index (χ0n) is 15.2. The van der Waals surface area contributed by atoms with E-state index in [-0.39, 0.29) is 12.0 Å². The molecule has 1 aliphatic carbocycles. The van der Waals surface area contributed by atoms with Crippen molar-refractivity contribution in [3.63, 3.8) is 0 Å². The van der Waals surface area contributed by atoms with Gasteiger partial charge in [-0.25, -0.2) is 0 Å². The van der Waals surface area contributed by atoms with Crippen molar-refractivity contribution in [2.75, 3.05) is 26.2 Å². The highest BCUT2D eigenvalue weighted by molar-refractivity contribution is 5.05. The smallest absolute Gasteiger partial charge is 0.243 e.